The predicted octanol–water partition coefficient (Wildman–Crippen LogP) is 2.05. The van der Waals surface area contributed by atoms with E-state index in [9.17, 15) is 14.4 Å². The molecule has 1 saturated heterocycles. The average Bonchev–Trinajstić information content (AvgIpc) is 3.26. The number of amides is 4. The van der Waals surface area contributed by atoms with Gasteiger partial charge in [-0.15, -0.1) is 0 Å². The minimum absolute atomic E-state index is 0.0458. The summed E-state index contributed by atoms with van der Waals surface area (Å²) in [5.41, 5.74) is 0.358. The lowest BCUT2D eigenvalue weighted by Crippen LogP contribution is -2.46. The first-order valence-electron chi connectivity index (χ1n) is 10.2. The Hall–Kier alpha value is -2.41. The molecule has 0 bridgehead atoms. The summed E-state index contributed by atoms with van der Waals surface area (Å²) < 4.78 is 0. The fraction of sp³-hybridized carbons (Fsp3) is 0.571. The number of benzene rings is 1. The van der Waals surface area contributed by atoms with E-state index < -0.39 is 11.6 Å². The third kappa shape index (κ3) is 4.04. The van der Waals surface area contributed by atoms with Crippen molar-refractivity contribution in [2.75, 3.05) is 26.2 Å². The van der Waals surface area contributed by atoms with Gasteiger partial charge in [0, 0.05) is 6.54 Å². The zero-order valence-corrected chi connectivity index (χ0v) is 16.7. The van der Waals surface area contributed by atoms with E-state index in [-0.39, 0.29) is 24.4 Å². The first kappa shape index (κ1) is 20.3. The molecule has 1 atom stereocenters. The molecule has 0 radical (unpaired) electrons. The zero-order valence-electron chi connectivity index (χ0n) is 16.7. The number of carbonyl (C=O) groups is 3. The van der Waals surface area contributed by atoms with Gasteiger partial charge in [0.25, 0.3) is 5.91 Å². The Morgan fingerprint density at radius 2 is 1.82 bits per heavy atom. The highest BCUT2D eigenvalue weighted by Gasteiger charge is 2.52. The van der Waals surface area contributed by atoms with Crippen LogP contribution >= 0.6 is 0 Å². The summed E-state index contributed by atoms with van der Waals surface area (Å²) in [4.78, 5) is 40.8. The van der Waals surface area contributed by atoms with Crippen LogP contribution < -0.4 is 10.6 Å². The number of urea groups is 1. The van der Waals surface area contributed by atoms with Crippen LogP contribution in [0.1, 0.15) is 51.1 Å². The molecule has 152 valence electrons. The Kier molecular flexibility index (Phi) is 6.34. The molecule has 1 aromatic carbocycles. The maximum atomic E-state index is 12.7. The molecule has 28 heavy (non-hydrogen) atoms. The molecule has 1 aliphatic heterocycles. The SMILES string of the molecule is CCN(CC)C(CNC(=O)CN1C(=O)NC2(CCCC2)C1=O)c1ccccc1. The lowest BCUT2D eigenvalue weighted by atomic mass is 9.98. The smallest absolute Gasteiger partial charge is 0.325 e. The van der Waals surface area contributed by atoms with Gasteiger partial charge in [0.05, 0.1) is 6.04 Å². The summed E-state index contributed by atoms with van der Waals surface area (Å²) in [5.74, 6) is -0.569. The van der Waals surface area contributed by atoms with Crippen LogP contribution in [0.2, 0.25) is 0 Å². The van der Waals surface area contributed by atoms with Gasteiger partial charge < -0.3 is 10.6 Å². The molecule has 3 rings (SSSR count). The van der Waals surface area contributed by atoms with E-state index >= 15 is 0 Å². The highest BCUT2D eigenvalue weighted by atomic mass is 16.2. The molecular weight excluding hydrogens is 356 g/mol. The molecule has 2 aliphatic rings. The van der Waals surface area contributed by atoms with Gasteiger partial charge in [-0.25, -0.2) is 4.79 Å². The third-order valence-electron chi connectivity index (χ3n) is 5.93. The van der Waals surface area contributed by atoms with Crippen molar-refractivity contribution in [3.05, 3.63) is 35.9 Å². The van der Waals surface area contributed by atoms with Crippen LogP contribution in [0.5, 0.6) is 0 Å². The number of imide groups is 1. The molecule has 1 spiro atoms. The van der Waals surface area contributed by atoms with E-state index in [0.29, 0.717) is 19.4 Å². The van der Waals surface area contributed by atoms with Crippen molar-refractivity contribution in [2.24, 2.45) is 0 Å². The topological polar surface area (TPSA) is 81.8 Å². The van der Waals surface area contributed by atoms with Crippen LogP contribution in [0.3, 0.4) is 0 Å². The summed E-state index contributed by atoms with van der Waals surface area (Å²) in [6.45, 7) is 6.11. The molecule has 7 nitrogen and oxygen atoms in total. The summed E-state index contributed by atoms with van der Waals surface area (Å²) >= 11 is 0. The monoisotopic (exact) mass is 386 g/mol. The van der Waals surface area contributed by atoms with Gasteiger partial charge in [0.15, 0.2) is 0 Å². The van der Waals surface area contributed by atoms with Crippen molar-refractivity contribution < 1.29 is 14.4 Å². The largest absolute Gasteiger partial charge is 0.353 e. The molecule has 1 aromatic rings. The number of likely N-dealkylation sites (N-methyl/N-ethyl adjacent to an activating group) is 1. The van der Waals surface area contributed by atoms with Gasteiger partial charge in [-0.2, -0.15) is 0 Å². The standard InChI is InChI=1S/C21H30N4O3/c1-3-24(4-2)17(16-10-6-5-7-11-16)14-22-18(26)15-25-19(27)21(23-20(25)28)12-8-9-13-21/h5-7,10-11,17H,3-4,8-9,12-15H2,1-2H3,(H,22,26)(H,23,28). The molecule has 2 fully saturated rings. The number of nitrogens with one attached hydrogen (secondary N) is 2. The summed E-state index contributed by atoms with van der Waals surface area (Å²) in [7, 11) is 0. The maximum absolute atomic E-state index is 12.7. The third-order valence-corrected chi connectivity index (χ3v) is 5.93. The van der Waals surface area contributed by atoms with Crippen molar-refractivity contribution >= 4 is 17.8 Å². The molecule has 1 heterocycles. The predicted molar refractivity (Wildman–Crippen MR) is 107 cm³/mol. The van der Waals surface area contributed by atoms with Crippen molar-refractivity contribution in [3.63, 3.8) is 0 Å². The Bertz CT molecular complexity index is 712. The minimum Gasteiger partial charge on any atom is -0.353 e. The Morgan fingerprint density at radius 1 is 1.18 bits per heavy atom. The van der Waals surface area contributed by atoms with Gasteiger partial charge in [-0.3, -0.25) is 19.4 Å². The fourth-order valence-electron chi connectivity index (χ4n) is 4.34. The molecule has 0 aromatic heterocycles. The lowest BCUT2D eigenvalue weighted by molar-refractivity contribution is -0.134. The number of hydrogen-bond acceptors (Lipinski definition) is 4. The molecule has 1 aliphatic carbocycles. The second-order valence-electron chi connectivity index (χ2n) is 7.56. The average molecular weight is 386 g/mol. The minimum atomic E-state index is -0.773. The van der Waals surface area contributed by atoms with Crippen molar-refractivity contribution in [1.29, 1.82) is 0 Å². The second-order valence-corrected chi connectivity index (χ2v) is 7.56. The quantitative estimate of drug-likeness (QED) is 0.670. The highest BCUT2D eigenvalue weighted by Crippen LogP contribution is 2.34. The summed E-state index contributed by atoms with van der Waals surface area (Å²) in [6, 6.07) is 9.64. The van der Waals surface area contributed by atoms with E-state index in [1.54, 1.807) is 0 Å². The van der Waals surface area contributed by atoms with Gasteiger partial charge in [-0.05, 0) is 31.5 Å². The van der Waals surface area contributed by atoms with Crippen molar-refractivity contribution in [2.45, 2.75) is 51.1 Å². The van der Waals surface area contributed by atoms with Crippen LogP contribution in [0.15, 0.2) is 30.3 Å². The van der Waals surface area contributed by atoms with Crippen molar-refractivity contribution in [3.8, 4) is 0 Å². The Morgan fingerprint density at radius 3 is 2.43 bits per heavy atom. The van der Waals surface area contributed by atoms with Gasteiger partial charge in [0.1, 0.15) is 12.1 Å². The van der Waals surface area contributed by atoms with Crippen LogP contribution in [0.25, 0.3) is 0 Å². The van der Waals surface area contributed by atoms with Gasteiger partial charge >= 0.3 is 6.03 Å². The molecule has 7 heteroatoms. The molecular formula is C21H30N4O3. The molecule has 2 N–H and O–H groups in total. The second kappa shape index (κ2) is 8.73. The van der Waals surface area contributed by atoms with Crippen LogP contribution in [0.4, 0.5) is 4.79 Å². The Labute approximate surface area is 166 Å². The van der Waals surface area contributed by atoms with Crippen LogP contribution in [-0.4, -0.2) is 59.4 Å². The molecule has 1 saturated carbocycles. The first-order valence-corrected chi connectivity index (χ1v) is 10.2. The fourth-order valence-corrected chi connectivity index (χ4v) is 4.34. The first-order chi connectivity index (χ1) is 13.5. The van der Waals surface area contributed by atoms with E-state index in [2.05, 4.69) is 41.5 Å². The summed E-state index contributed by atoms with van der Waals surface area (Å²) in [5, 5.41) is 5.73. The highest BCUT2D eigenvalue weighted by molar-refractivity contribution is 6.09. The van der Waals surface area contributed by atoms with Crippen LogP contribution in [-0.2, 0) is 9.59 Å². The maximum Gasteiger partial charge on any atom is 0.325 e. The number of hydrogen-bond donors (Lipinski definition) is 2. The molecule has 1 unspecified atom stereocenters. The van der Waals surface area contributed by atoms with E-state index in [0.717, 1.165) is 36.4 Å². The Balaban J connectivity index is 1.62. The van der Waals surface area contributed by atoms with E-state index in [4.69, 9.17) is 0 Å². The zero-order chi connectivity index (χ0) is 20.1. The number of carbonyl (C=O) groups excluding carboxylic acids is 3. The normalized spacial score (nSPS) is 19.3. The van der Waals surface area contributed by atoms with E-state index in [1.807, 2.05) is 18.2 Å². The van der Waals surface area contributed by atoms with Gasteiger partial charge in [0.2, 0.25) is 5.91 Å². The summed E-state index contributed by atoms with van der Waals surface area (Å²) in [6.07, 6.45) is 3.17. The van der Waals surface area contributed by atoms with Crippen molar-refractivity contribution in [1.82, 2.24) is 20.4 Å². The number of nitrogens with zero attached hydrogens (tertiary/aromatic N) is 2. The van der Waals surface area contributed by atoms with Crippen LogP contribution in [0, 0.1) is 0 Å². The van der Waals surface area contributed by atoms with Gasteiger partial charge in [-0.1, -0.05) is 57.0 Å². The molecule has 4 amide bonds. The van der Waals surface area contributed by atoms with E-state index in [1.165, 1.54) is 0 Å². The number of rotatable bonds is 8. The lowest BCUT2D eigenvalue weighted by Gasteiger charge is -2.30.